The van der Waals surface area contributed by atoms with E-state index < -0.39 is 0 Å². The number of aliphatic imine (C=N–C) groups is 1. The molecule has 0 bridgehead atoms. The first-order valence-corrected chi connectivity index (χ1v) is 8.91. The number of methoxy groups -OCH3 is 1. The maximum absolute atomic E-state index is 5.33. The molecule has 0 saturated heterocycles. The maximum Gasteiger partial charge on any atom is 0.194 e. The van der Waals surface area contributed by atoms with Crippen molar-refractivity contribution in [3.05, 3.63) is 65.5 Å². The summed E-state index contributed by atoms with van der Waals surface area (Å²) in [6.45, 7) is 4.54. The van der Waals surface area contributed by atoms with Crippen molar-refractivity contribution >= 4 is 11.5 Å². The first kappa shape index (κ1) is 18.0. The van der Waals surface area contributed by atoms with Crippen LogP contribution in [0.15, 0.2) is 53.7 Å². The Balaban J connectivity index is 1.63. The Morgan fingerprint density at radius 2 is 2.19 bits per heavy atom. The lowest BCUT2D eigenvalue weighted by Crippen LogP contribution is -2.43. The maximum atomic E-state index is 5.33. The zero-order valence-corrected chi connectivity index (χ0v) is 15.7. The molecule has 3 rings (SSSR count). The van der Waals surface area contributed by atoms with Crippen LogP contribution in [0.2, 0.25) is 0 Å². The molecule has 1 aliphatic rings. The van der Waals surface area contributed by atoms with Gasteiger partial charge in [-0.1, -0.05) is 24.3 Å². The fourth-order valence-corrected chi connectivity index (χ4v) is 3.15. The van der Waals surface area contributed by atoms with Crippen LogP contribution in [0, 0.1) is 6.92 Å². The highest BCUT2D eigenvalue weighted by molar-refractivity contribution is 5.81. The summed E-state index contributed by atoms with van der Waals surface area (Å²) >= 11 is 0. The van der Waals surface area contributed by atoms with Gasteiger partial charge in [-0.2, -0.15) is 0 Å². The molecule has 5 nitrogen and oxygen atoms in total. The van der Waals surface area contributed by atoms with Gasteiger partial charge in [0, 0.05) is 26.3 Å². The fourth-order valence-electron chi connectivity index (χ4n) is 3.15. The van der Waals surface area contributed by atoms with Crippen LogP contribution in [0.1, 0.15) is 23.2 Å². The summed E-state index contributed by atoms with van der Waals surface area (Å²) in [6.07, 6.45) is 5.09. The third-order valence-electron chi connectivity index (χ3n) is 4.69. The van der Waals surface area contributed by atoms with Gasteiger partial charge in [-0.3, -0.25) is 9.98 Å². The molecule has 1 aromatic carbocycles. The van der Waals surface area contributed by atoms with Crippen LogP contribution in [0.3, 0.4) is 0 Å². The molecule has 2 heterocycles. The summed E-state index contributed by atoms with van der Waals surface area (Å²) in [6, 6.07) is 12.3. The van der Waals surface area contributed by atoms with E-state index in [0.717, 1.165) is 36.9 Å². The number of hydrogen-bond acceptors (Lipinski definition) is 3. The summed E-state index contributed by atoms with van der Waals surface area (Å²) in [4.78, 5) is 11.1. The van der Waals surface area contributed by atoms with Gasteiger partial charge in [0.2, 0.25) is 0 Å². The van der Waals surface area contributed by atoms with Gasteiger partial charge in [0.15, 0.2) is 5.96 Å². The van der Waals surface area contributed by atoms with Crippen LogP contribution in [0.5, 0.6) is 5.75 Å². The highest BCUT2D eigenvalue weighted by Crippen LogP contribution is 2.25. The Morgan fingerprint density at radius 1 is 1.31 bits per heavy atom. The zero-order chi connectivity index (χ0) is 18.4. The average Bonchev–Trinajstić information content (AvgIpc) is 2.70. The molecule has 1 N–H and O–H groups in total. The Kier molecular flexibility index (Phi) is 5.89. The summed E-state index contributed by atoms with van der Waals surface area (Å²) in [7, 11) is 3.53. The van der Waals surface area contributed by atoms with E-state index in [9.17, 15) is 0 Å². The second-order valence-corrected chi connectivity index (χ2v) is 6.33. The van der Waals surface area contributed by atoms with E-state index in [4.69, 9.17) is 4.74 Å². The molecule has 136 valence electrons. The van der Waals surface area contributed by atoms with Crippen molar-refractivity contribution in [2.45, 2.75) is 19.9 Å². The van der Waals surface area contributed by atoms with E-state index in [0.29, 0.717) is 6.54 Å². The first-order chi connectivity index (χ1) is 12.7. The SMILES string of the molecule is CN=C(NCc1ncccc1C)N1CC=C(c2cccc(OC)c2)CC1. The quantitative estimate of drug-likeness (QED) is 0.679. The lowest BCUT2D eigenvalue weighted by Gasteiger charge is -2.30. The van der Waals surface area contributed by atoms with Crippen molar-refractivity contribution in [2.75, 3.05) is 27.2 Å². The summed E-state index contributed by atoms with van der Waals surface area (Å²) in [5.74, 6) is 1.81. The van der Waals surface area contributed by atoms with Gasteiger partial charge >= 0.3 is 0 Å². The number of pyridine rings is 1. The van der Waals surface area contributed by atoms with Crippen molar-refractivity contribution in [1.29, 1.82) is 0 Å². The number of aromatic nitrogens is 1. The van der Waals surface area contributed by atoms with Gasteiger partial charge < -0.3 is 15.0 Å². The number of ether oxygens (including phenoxy) is 1. The molecule has 26 heavy (non-hydrogen) atoms. The molecular formula is C21H26N4O. The number of nitrogens with one attached hydrogen (secondary N) is 1. The third-order valence-corrected chi connectivity index (χ3v) is 4.69. The summed E-state index contributed by atoms with van der Waals surface area (Å²) in [5, 5.41) is 3.43. The lowest BCUT2D eigenvalue weighted by atomic mass is 9.99. The highest BCUT2D eigenvalue weighted by Gasteiger charge is 2.16. The molecule has 1 aromatic heterocycles. The molecule has 0 saturated carbocycles. The Hall–Kier alpha value is -2.82. The number of hydrogen-bond donors (Lipinski definition) is 1. The number of guanidine groups is 1. The largest absolute Gasteiger partial charge is 0.497 e. The molecule has 0 atom stereocenters. The van der Waals surface area contributed by atoms with Gasteiger partial charge in [-0.25, -0.2) is 0 Å². The molecule has 1 aliphatic heterocycles. The van der Waals surface area contributed by atoms with E-state index in [1.54, 1.807) is 7.11 Å². The molecule has 0 unspecified atom stereocenters. The average molecular weight is 350 g/mol. The second kappa shape index (κ2) is 8.52. The smallest absolute Gasteiger partial charge is 0.194 e. The Morgan fingerprint density at radius 3 is 2.88 bits per heavy atom. The van der Waals surface area contributed by atoms with E-state index in [1.807, 2.05) is 31.4 Å². The Bertz CT molecular complexity index is 813. The predicted octanol–water partition coefficient (Wildman–Crippen LogP) is 3.26. The summed E-state index contributed by atoms with van der Waals surface area (Å²) in [5.41, 5.74) is 4.83. The van der Waals surface area contributed by atoms with E-state index in [2.05, 4.69) is 51.4 Å². The van der Waals surface area contributed by atoms with Crippen LogP contribution in [-0.4, -0.2) is 43.1 Å². The molecule has 0 spiro atoms. The molecule has 2 aromatic rings. The highest BCUT2D eigenvalue weighted by atomic mass is 16.5. The van der Waals surface area contributed by atoms with Crippen LogP contribution in [-0.2, 0) is 6.54 Å². The number of nitrogens with zero attached hydrogens (tertiary/aromatic N) is 3. The van der Waals surface area contributed by atoms with Gasteiger partial charge in [-0.05, 0) is 48.2 Å². The fraction of sp³-hybridized carbons (Fsp3) is 0.333. The van der Waals surface area contributed by atoms with Crippen LogP contribution in [0.4, 0.5) is 0 Å². The minimum absolute atomic E-state index is 0.683. The van der Waals surface area contributed by atoms with Gasteiger partial charge in [0.25, 0.3) is 0 Å². The zero-order valence-electron chi connectivity index (χ0n) is 15.7. The van der Waals surface area contributed by atoms with Crippen LogP contribution in [0.25, 0.3) is 5.57 Å². The predicted molar refractivity (Wildman–Crippen MR) is 106 cm³/mol. The van der Waals surface area contributed by atoms with Crippen LogP contribution < -0.4 is 10.1 Å². The molecule has 0 amide bonds. The van der Waals surface area contributed by atoms with Crippen molar-refractivity contribution in [3.63, 3.8) is 0 Å². The van der Waals surface area contributed by atoms with Gasteiger partial charge in [0.05, 0.1) is 19.3 Å². The topological polar surface area (TPSA) is 49.8 Å². The van der Waals surface area contributed by atoms with Gasteiger partial charge in [0.1, 0.15) is 5.75 Å². The minimum atomic E-state index is 0.683. The second-order valence-electron chi connectivity index (χ2n) is 6.33. The molecule has 0 radical (unpaired) electrons. The summed E-state index contributed by atoms with van der Waals surface area (Å²) < 4.78 is 5.33. The minimum Gasteiger partial charge on any atom is -0.497 e. The van der Waals surface area contributed by atoms with Crippen molar-refractivity contribution in [1.82, 2.24) is 15.2 Å². The van der Waals surface area contributed by atoms with Crippen molar-refractivity contribution in [2.24, 2.45) is 4.99 Å². The Labute approximate surface area is 155 Å². The van der Waals surface area contributed by atoms with Gasteiger partial charge in [-0.15, -0.1) is 0 Å². The molecule has 0 fully saturated rings. The number of aryl methyl sites for hydroxylation is 1. The monoisotopic (exact) mass is 350 g/mol. The molecule has 5 heteroatoms. The standard InChI is InChI=1S/C21H26N4O/c1-16-6-5-11-23-20(16)15-24-21(22-2)25-12-9-17(10-13-25)18-7-4-8-19(14-18)26-3/h4-9,11,14H,10,12-13,15H2,1-3H3,(H,22,24). The van der Waals surface area contributed by atoms with E-state index in [-0.39, 0.29) is 0 Å². The first-order valence-electron chi connectivity index (χ1n) is 8.91. The van der Waals surface area contributed by atoms with E-state index >= 15 is 0 Å². The van der Waals surface area contributed by atoms with E-state index in [1.165, 1.54) is 16.7 Å². The van der Waals surface area contributed by atoms with Crippen molar-refractivity contribution in [3.8, 4) is 5.75 Å². The van der Waals surface area contributed by atoms with Crippen LogP contribution >= 0.6 is 0 Å². The third kappa shape index (κ3) is 4.23. The molecule has 0 aliphatic carbocycles. The van der Waals surface area contributed by atoms with Crippen molar-refractivity contribution < 1.29 is 4.74 Å². The normalized spacial score (nSPS) is 14.8. The lowest BCUT2D eigenvalue weighted by molar-refractivity contribution is 0.414. The molecular weight excluding hydrogens is 324 g/mol. The number of rotatable bonds is 4. The number of benzene rings is 1.